The van der Waals surface area contributed by atoms with Gasteiger partial charge in [0.2, 0.25) is 0 Å². The van der Waals surface area contributed by atoms with Crippen LogP contribution in [0.3, 0.4) is 0 Å². The fourth-order valence-electron chi connectivity index (χ4n) is 27.6. The molecule has 2 N–H and O–H groups in total. The molecule has 3 fully saturated rings. The fraction of sp³-hybridized carbons (Fsp3) is 0.300. The first-order valence-corrected chi connectivity index (χ1v) is 49.3. The topological polar surface area (TPSA) is 76.5 Å². The molecule has 648 valence electrons. The molecule has 26 rings (SSSR count). The van der Waals surface area contributed by atoms with E-state index in [1.165, 1.54) is 237 Å². The van der Waals surface area contributed by atoms with Crippen LogP contribution in [0.2, 0.25) is 0 Å². The monoisotopic (exact) mass is 1830 g/mol. The molecular formula is C120H112BBr2N3O4. The van der Waals surface area contributed by atoms with E-state index in [-0.39, 0.29) is 54.5 Å². The maximum atomic E-state index is 9.62. The molecule has 0 amide bonds. The van der Waals surface area contributed by atoms with Gasteiger partial charge in [-0.05, 0) is 303 Å². The van der Waals surface area contributed by atoms with Gasteiger partial charge in [-0.25, -0.2) is 0 Å². The zero-order valence-corrected chi connectivity index (χ0v) is 80.4. The Morgan fingerprint density at radius 1 is 0.285 bits per heavy atom. The standard InChI is InChI=1S/C70H66N2O.C30H22Br2O.C20H24BNO2/c1-65(2)53-37-43(44-28-31-59-56(38-44)67(5)33-17-19-35-69(67,7)71(59)46-21-11-9-12-22-46)27-30-48(53)51-40-52-55(42-54(51)65)66(3,4)58-41-50(62-49-25-15-16-26-61(49)73-64(62)63(52)58)45-29-32-60-57(39-45)68(6)34-18-20-36-70(68,8)72(60)47-23-13-10-14-24-47;1-29(2)20-11-15(31)9-10-16(20)18-12-19-22(13-21(18)29)30(3,4)23-14-24(32)27-17-7-5-6-8-25(17)33-28(27)26(19)23;1-19-12-6-7-13-20(19,2)22(16-8-4-3-5-9-16)18-11-10-15(21(23)24)14-17(18)19/h9-16,21-32,37-42H,17-20,33-36H2,1-8H3;5-14H,1-4H3;3-5,8-11,14,23-24H,6-7,12-13H2,1-2H3. The van der Waals surface area contributed by atoms with E-state index in [0.29, 0.717) is 5.46 Å². The number of para-hydroxylation sites is 5. The second-order valence-electron chi connectivity index (χ2n) is 43.1. The number of hydrogen-bond acceptors (Lipinski definition) is 7. The molecule has 0 spiro atoms. The van der Waals surface area contributed by atoms with Crippen LogP contribution in [0.15, 0.2) is 285 Å². The Hall–Kier alpha value is -11.0. The summed E-state index contributed by atoms with van der Waals surface area (Å²) in [5.74, 6) is 0. The van der Waals surface area contributed by atoms with Gasteiger partial charge in [-0.3, -0.25) is 0 Å². The summed E-state index contributed by atoms with van der Waals surface area (Å²) in [5, 5.41) is 24.0. The Bertz CT molecular complexity index is 7530. The van der Waals surface area contributed by atoms with Gasteiger partial charge in [-0.15, -0.1) is 0 Å². The molecule has 3 aliphatic heterocycles. The van der Waals surface area contributed by atoms with Crippen LogP contribution in [0.4, 0.5) is 34.1 Å². The SMILES string of the molecule is CC1(C)c2cc(-c3ccc4c(c3)C3(C)CCCCC3(C)N4c3ccccc3)ccc2-c2cc3c(cc21)C(C)(C)c1cc(-c2ccc4c(c2)C2(C)CCCCC2(C)N4c2ccccc2)c2c(oc4ccccc42)c1-3.CC1(C)c2cc(Br)ccc2-c2cc3c(cc21)C(C)(C)c1cc(Br)c2c(oc4ccccc42)c1-3.CC12CCCCC1(C)N(c1ccccc1)c1ccc(B(O)O)cc12. The van der Waals surface area contributed by atoms with Gasteiger partial charge in [-0.2, -0.15) is 0 Å². The maximum Gasteiger partial charge on any atom is 0.488 e. The first-order valence-electron chi connectivity index (χ1n) is 47.7. The molecule has 0 bridgehead atoms. The third-order valence-corrected chi connectivity index (χ3v) is 36.5. The fourth-order valence-corrected chi connectivity index (χ4v) is 28.6. The number of furan rings is 2. The van der Waals surface area contributed by atoms with Crippen molar-refractivity contribution in [1.29, 1.82) is 0 Å². The average molecular weight is 1830 g/mol. The first-order chi connectivity index (χ1) is 62.3. The van der Waals surface area contributed by atoms with Crippen molar-refractivity contribution < 1.29 is 18.9 Å². The van der Waals surface area contributed by atoms with E-state index in [0.717, 1.165) is 54.9 Å². The molecular weight excluding hydrogens is 1720 g/mol. The normalized spacial score (nSPS) is 23.8. The molecule has 0 radical (unpaired) electrons. The molecule has 3 saturated carbocycles. The van der Waals surface area contributed by atoms with Gasteiger partial charge in [0.1, 0.15) is 22.3 Å². The molecule has 10 aliphatic rings. The quantitative estimate of drug-likeness (QED) is 0.161. The lowest BCUT2D eigenvalue weighted by atomic mass is 9.61. The molecule has 6 atom stereocenters. The number of fused-ring (bicyclic) bond motifs is 29. The van der Waals surface area contributed by atoms with Crippen molar-refractivity contribution in [2.24, 2.45) is 0 Å². The smallest absolute Gasteiger partial charge is 0.455 e. The van der Waals surface area contributed by atoms with Crippen LogP contribution in [0, 0.1) is 0 Å². The summed E-state index contributed by atoms with van der Waals surface area (Å²) >= 11 is 7.57. The van der Waals surface area contributed by atoms with Crippen LogP contribution in [-0.2, 0) is 37.9 Å². The minimum atomic E-state index is -1.42. The number of nitrogens with zero attached hydrogens (tertiary/aromatic N) is 3. The summed E-state index contributed by atoms with van der Waals surface area (Å²) in [6, 6.07) is 99.6. The van der Waals surface area contributed by atoms with E-state index < -0.39 is 7.12 Å². The van der Waals surface area contributed by atoms with Crippen LogP contribution < -0.4 is 20.2 Å². The van der Waals surface area contributed by atoms with E-state index in [1.807, 2.05) is 24.3 Å². The second-order valence-corrected chi connectivity index (χ2v) is 44.9. The van der Waals surface area contributed by atoms with Gasteiger partial charge in [0.25, 0.3) is 0 Å². The summed E-state index contributed by atoms with van der Waals surface area (Å²) in [6.45, 7) is 34.1. The van der Waals surface area contributed by atoms with Crippen molar-refractivity contribution in [2.75, 3.05) is 14.7 Å². The number of anilines is 6. The van der Waals surface area contributed by atoms with Crippen molar-refractivity contribution in [1.82, 2.24) is 0 Å². The summed E-state index contributed by atoms with van der Waals surface area (Å²) in [4.78, 5) is 7.85. The van der Waals surface area contributed by atoms with Gasteiger partial charge >= 0.3 is 7.12 Å². The zero-order valence-electron chi connectivity index (χ0n) is 77.3. The number of halogens is 2. The van der Waals surface area contributed by atoms with Crippen LogP contribution in [-0.4, -0.2) is 33.8 Å². The maximum absolute atomic E-state index is 9.62. The minimum Gasteiger partial charge on any atom is -0.455 e. The van der Waals surface area contributed by atoms with Crippen molar-refractivity contribution in [3.8, 4) is 66.8 Å². The van der Waals surface area contributed by atoms with Crippen LogP contribution in [0.1, 0.15) is 235 Å². The Balaban J connectivity index is 0.000000134. The van der Waals surface area contributed by atoms with E-state index >= 15 is 0 Å². The van der Waals surface area contributed by atoms with E-state index in [2.05, 4.69) is 386 Å². The number of hydrogen-bond donors (Lipinski definition) is 2. The summed E-state index contributed by atoms with van der Waals surface area (Å²) < 4.78 is 16.0. The molecule has 130 heavy (non-hydrogen) atoms. The summed E-state index contributed by atoms with van der Waals surface area (Å²) in [6.07, 6.45) is 14.6. The summed E-state index contributed by atoms with van der Waals surface area (Å²) in [5.41, 5.74) is 42.7. The third kappa shape index (κ3) is 11.0. The lowest BCUT2D eigenvalue weighted by Crippen LogP contribution is -2.54. The lowest BCUT2D eigenvalue weighted by molar-refractivity contribution is 0.195. The van der Waals surface area contributed by atoms with Crippen molar-refractivity contribution in [3.05, 3.63) is 337 Å². The Morgan fingerprint density at radius 2 is 0.638 bits per heavy atom. The van der Waals surface area contributed by atoms with Crippen LogP contribution in [0.5, 0.6) is 0 Å². The van der Waals surface area contributed by atoms with Crippen molar-refractivity contribution in [3.63, 3.8) is 0 Å². The molecule has 14 aromatic carbocycles. The third-order valence-electron chi connectivity index (χ3n) is 35.4. The van der Waals surface area contributed by atoms with Gasteiger partial charge in [0.15, 0.2) is 0 Å². The Morgan fingerprint density at radius 3 is 1.12 bits per heavy atom. The van der Waals surface area contributed by atoms with Crippen LogP contribution >= 0.6 is 31.9 Å². The van der Waals surface area contributed by atoms with Gasteiger partial charge in [-0.1, -0.05) is 292 Å². The van der Waals surface area contributed by atoms with Gasteiger partial charge in [0.05, 0.1) is 16.6 Å². The largest absolute Gasteiger partial charge is 0.488 e. The second kappa shape index (κ2) is 28.3. The highest BCUT2D eigenvalue weighted by molar-refractivity contribution is 9.11. The highest BCUT2D eigenvalue weighted by Crippen LogP contribution is 2.68. The van der Waals surface area contributed by atoms with Crippen molar-refractivity contribution in [2.45, 2.75) is 229 Å². The van der Waals surface area contributed by atoms with Gasteiger partial charge < -0.3 is 33.6 Å². The molecule has 16 aromatic rings. The molecule has 10 heteroatoms. The molecule has 2 aromatic heterocycles. The Kier molecular flexibility index (Phi) is 17.9. The molecule has 7 aliphatic carbocycles. The Labute approximate surface area is 782 Å². The van der Waals surface area contributed by atoms with E-state index in [9.17, 15) is 10.0 Å². The molecule has 5 heterocycles. The van der Waals surface area contributed by atoms with E-state index in [4.69, 9.17) is 8.83 Å². The number of benzene rings is 14. The lowest BCUT2D eigenvalue weighted by Gasteiger charge is -2.50. The molecule has 6 unspecified atom stereocenters. The molecule has 7 nitrogen and oxygen atoms in total. The molecule has 0 saturated heterocycles. The zero-order chi connectivity index (χ0) is 89.4. The average Bonchev–Trinajstić information content (AvgIpc) is 1.50. The van der Waals surface area contributed by atoms with Crippen molar-refractivity contribution >= 4 is 122 Å². The predicted molar refractivity (Wildman–Crippen MR) is 549 cm³/mol. The summed E-state index contributed by atoms with van der Waals surface area (Å²) in [7, 11) is -1.42. The minimum absolute atomic E-state index is 0.00790. The van der Waals surface area contributed by atoms with Gasteiger partial charge in [0, 0.05) is 114 Å². The number of rotatable bonds is 6. The van der Waals surface area contributed by atoms with E-state index in [1.54, 1.807) is 0 Å². The highest BCUT2D eigenvalue weighted by Gasteiger charge is 2.61. The predicted octanol–water partition coefficient (Wildman–Crippen LogP) is 31.8. The highest BCUT2D eigenvalue weighted by atomic mass is 79.9. The van der Waals surface area contributed by atoms with Crippen LogP contribution in [0.25, 0.3) is 111 Å². The first kappa shape index (κ1) is 82.2.